The van der Waals surface area contributed by atoms with Crippen LogP contribution in [0.1, 0.15) is 5.56 Å². The zero-order valence-corrected chi connectivity index (χ0v) is 8.27. The first-order valence-electron chi connectivity index (χ1n) is 4.29. The van der Waals surface area contributed by atoms with Crippen molar-refractivity contribution in [2.24, 2.45) is 0 Å². The van der Waals surface area contributed by atoms with Gasteiger partial charge in [-0.15, -0.1) is 0 Å². The molecular weight excluding hydrogens is 186 g/mol. The Labute approximate surface area is 82.9 Å². The predicted molar refractivity (Wildman–Crippen MR) is 53.0 cm³/mol. The maximum atomic E-state index is 5.91. The molecule has 0 atom stereocenters. The average Bonchev–Trinajstić information content (AvgIpc) is 2.03. The molecule has 3 heteroatoms. The fourth-order valence-corrected chi connectivity index (χ4v) is 1.78. The average molecular weight is 198 g/mol. The van der Waals surface area contributed by atoms with Crippen molar-refractivity contribution >= 4 is 11.6 Å². The summed E-state index contributed by atoms with van der Waals surface area (Å²) in [6.07, 6.45) is 0. The SMILES string of the molecule is COC1(c2cccc(Cl)c2)CNC1. The van der Waals surface area contributed by atoms with Crippen LogP contribution in [0.15, 0.2) is 24.3 Å². The second-order valence-corrected chi connectivity index (χ2v) is 3.75. The monoisotopic (exact) mass is 197 g/mol. The van der Waals surface area contributed by atoms with Gasteiger partial charge >= 0.3 is 0 Å². The molecule has 2 rings (SSSR count). The van der Waals surface area contributed by atoms with Crippen LogP contribution in [0, 0.1) is 0 Å². The molecule has 1 saturated heterocycles. The van der Waals surface area contributed by atoms with Crippen molar-refractivity contribution in [3.8, 4) is 0 Å². The van der Waals surface area contributed by atoms with Gasteiger partial charge in [0.2, 0.25) is 0 Å². The third-order valence-electron chi connectivity index (χ3n) is 2.56. The normalized spacial score (nSPS) is 19.5. The van der Waals surface area contributed by atoms with Crippen molar-refractivity contribution in [2.75, 3.05) is 20.2 Å². The van der Waals surface area contributed by atoms with E-state index in [1.54, 1.807) is 7.11 Å². The standard InChI is InChI=1S/C10H12ClNO/c1-13-10(6-12-7-10)8-3-2-4-9(11)5-8/h2-5,12H,6-7H2,1H3. The van der Waals surface area contributed by atoms with E-state index in [1.165, 1.54) is 0 Å². The number of nitrogens with one attached hydrogen (secondary N) is 1. The Morgan fingerprint density at radius 2 is 2.23 bits per heavy atom. The van der Waals surface area contributed by atoms with E-state index >= 15 is 0 Å². The first-order valence-corrected chi connectivity index (χ1v) is 4.66. The smallest absolute Gasteiger partial charge is 0.117 e. The molecule has 0 radical (unpaired) electrons. The van der Waals surface area contributed by atoms with Crippen LogP contribution in [0.4, 0.5) is 0 Å². The molecule has 0 aliphatic carbocycles. The minimum absolute atomic E-state index is 0.148. The van der Waals surface area contributed by atoms with Crippen molar-refractivity contribution < 1.29 is 4.74 Å². The van der Waals surface area contributed by atoms with Gasteiger partial charge in [-0.2, -0.15) is 0 Å². The molecule has 13 heavy (non-hydrogen) atoms. The quantitative estimate of drug-likeness (QED) is 0.781. The molecule has 1 aromatic carbocycles. The molecule has 1 aliphatic rings. The zero-order valence-electron chi connectivity index (χ0n) is 7.51. The van der Waals surface area contributed by atoms with Gasteiger partial charge in [0.05, 0.1) is 0 Å². The van der Waals surface area contributed by atoms with Crippen LogP contribution in [0.3, 0.4) is 0 Å². The van der Waals surface area contributed by atoms with E-state index in [-0.39, 0.29) is 5.60 Å². The van der Waals surface area contributed by atoms with Crippen LogP contribution in [-0.4, -0.2) is 20.2 Å². The number of ether oxygens (including phenoxy) is 1. The third-order valence-corrected chi connectivity index (χ3v) is 2.80. The molecule has 1 heterocycles. The van der Waals surface area contributed by atoms with E-state index in [2.05, 4.69) is 11.4 Å². The third kappa shape index (κ3) is 1.46. The van der Waals surface area contributed by atoms with Crippen LogP contribution in [0.2, 0.25) is 5.02 Å². The largest absolute Gasteiger partial charge is 0.371 e. The highest BCUT2D eigenvalue weighted by molar-refractivity contribution is 6.30. The number of hydrogen-bond donors (Lipinski definition) is 1. The lowest BCUT2D eigenvalue weighted by Gasteiger charge is -2.41. The molecule has 0 aromatic heterocycles. The summed E-state index contributed by atoms with van der Waals surface area (Å²) in [5.74, 6) is 0. The van der Waals surface area contributed by atoms with Gasteiger partial charge in [-0.3, -0.25) is 0 Å². The van der Waals surface area contributed by atoms with Crippen LogP contribution >= 0.6 is 11.6 Å². The molecule has 2 nitrogen and oxygen atoms in total. The lowest BCUT2D eigenvalue weighted by atomic mass is 9.88. The Morgan fingerprint density at radius 1 is 1.46 bits per heavy atom. The molecular formula is C10H12ClNO. The van der Waals surface area contributed by atoms with E-state index in [1.807, 2.05) is 18.2 Å². The summed E-state index contributed by atoms with van der Waals surface area (Å²) in [6, 6.07) is 7.85. The summed E-state index contributed by atoms with van der Waals surface area (Å²) in [6.45, 7) is 1.73. The van der Waals surface area contributed by atoms with Crippen molar-refractivity contribution in [1.29, 1.82) is 0 Å². The first-order chi connectivity index (χ1) is 6.27. The molecule has 0 unspecified atom stereocenters. The predicted octanol–water partition coefficient (Wildman–Crippen LogP) is 1.78. The molecule has 1 N–H and O–H groups in total. The van der Waals surface area contributed by atoms with Gasteiger partial charge in [-0.05, 0) is 17.7 Å². The minimum atomic E-state index is -0.148. The van der Waals surface area contributed by atoms with E-state index in [0.29, 0.717) is 0 Å². The minimum Gasteiger partial charge on any atom is -0.371 e. The van der Waals surface area contributed by atoms with E-state index in [4.69, 9.17) is 16.3 Å². The Morgan fingerprint density at radius 3 is 2.69 bits per heavy atom. The maximum absolute atomic E-state index is 5.91. The maximum Gasteiger partial charge on any atom is 0.117 e. The number of halogens is 1. The highest BCUT2D eigenvalue weighted by Crippen LogP contribution is 2.30. The summed E-state index contributed by atoms with van der Waals surface area (Å²) in [5.41, 5.74) is 1.01. The van der Waals surface area contributed by atoms with Gasteiger partial charge < -0.3 is 10.1 Å². The second kappa shape index (κ2) is 3.29. The summed E-state index contributed by atoms with van der Waals surface area (Å²) in [7, 11) is 1.74. The van der Waals surface area contributed by atoms with Gasteiger partial charge in [0.15, 0.2) is 0 Å². The van der Waals surface area contributed by atoms with Crippen LogP contribution in [0.25, 0.3) is 0 Å². The number of rotatable bonds is 2. The first kappa shape index (κ1) is 9.00. The van der Waals surface area contributed by atoms with Crippen LogP contribution in [-0.2, 0) is 10.3 Å². The van der Waals surface area contributed by atoms with Gasteiger partial charge in [0, 0.05) is 25.2 Å². The summed E-state index contributed by atoms with van der Waals surface area (Å²) < 4.78 is 5.49. The van der Waals surface area contributed by atoms with E-state index < -0.39 is 0 Å². The summed E-state index contributed by atoms with van der Waals surface area (Å²) in [5, 5.41) is 3.97. The second-order valence-electron chi connectivity index (χ2n) is 3.31. The molecule has 70 valence electrons. The molecule has 0 amide bonds. The van der Waals surface area contributed by atoms with E-state index in [9.17, 15) is 0 Å². The Balaban J connectivity index is 2.33. The highest BCUT2D eigenvalue weighted by atomic mass is 35.5. The van der Waals surface area contributed by atoms with Gasteiger partial charge in [-0.25, -0.2) is 0 Å². The fourth-order valence-electron chi connectivity index (χ4n) is 1.59. The molecule has 1 fully saturated rings. The lowest BCUT2D eigenvalue weighted by Crippen LogP contribution is -2.57. The number of methoxy groups -OCH3 is 1. The lowest BCUT2D eigenvalue weighted by molar-refractivity contribution is -0.0565. The molecule has 0 spiro atoms. The molecule has 0 saturated carbocycles. The van der Waals surface area contributed by atoms with Crippen molar-refractivity contribution in [1.82, 2.24) is 5.32 Å². The highest BCUT2D eigenvalue weighted by Gasteiger charge is 2.38. The molecule has 1 aliphatic heterocycles. The number of benzene rings is 1. The van der Waals surface area contributed by atoms with Crippen molar-refractivity contribution in [2.45, 2.75) is 5.60 Å². The molecule has 0 bridgehead atoms. The van der Waals surface area contributed by atoms with Crippen molar-refractivity contribution in [3.05, 3.63) is 34.9 Å². The Kier molecular flexibility index (Phi) is 2.28. The van der Waals surface area contributed by atoms with Crippen LogP contribution in [0.5, 0.6) is 0 Å². The summed E-state index contributed by atoms with van der Waals surface area (Å²) >= 11 is 5.91. The Hall–Kier alpha value is -0.570. The number of hydrogen-bond acceptors (Lipinski definition) is 2. The van der Waals surface area contributed by atoms with Gasteiger partial charge in [0.1, 0.15) is 5.60 Å². The van der Waals surface area contributed by atoms with E-state index in [0.717, 1.165) is 23.7 Å². The Bertz CT molecular complexity index is 304. The molecule has 1 aromatic rings. The van der Waals surface area contributed by atoms with Gasteiger partial charge in [0.25, 0.3) is 0 Å². The fraction of sp³-hybridized carbons (Fsp3) is 0.400. The summed E-state index contributed by atoms with van der Waals surface area (Å²) in [4.78, 5) is 0. The van der Waals surface area contributed by atoms with Crippen LogP contribution < -0.4 is 5.32 Å². The zero-order chi connectivity index (χ0) is 9.31. The van der Waals surface area contributed by atoms with Gasteiger partial charge in [-0.1, -0.05) is 23.7 Å². The van der Waals surface area contributed by atoms with Crippen molar-refractivity contribution in [3.63, 3.8) is 0 Å². The topological polar surface area (TPSA) is 21.3 Å².